The number of Topliss-reactive ketones (excluding diaryl/α,β-unsaturated/α-hetero) is 1. The van der Waals surface area contributed by atoms with E-state index in [2.05, 4.69) is 37.0 Å². The van der Waals surface area contributed by atoms with Crippen molar-refractivity contribution in [3.63, 3.8) is 0 Å². The Kier molecular flexibility index (Phi) is 4.58. The number of aryl methyl sites for hydroxylation is 2. The Morgan fingerprint density at radius 3 is 2.47 bits per heavy atom. The van der Waals surface area contributed by atoms with Gasteiger partial charge in [0.25, 0.3) is 0 Å². The number of benzene rings is 1. The van der Waals surface area contributed by atoms with E-state index >= 15 is 0 Å². The fourth-order valence-corrected chi connectivity index (χ4v) is 2.62. The second-order valence-electron chi connectivity index (χ2n) is 4.27. The fraction of sp³-hybridized carbons (Fsp3) is 0.286. The van der Waals surface area contributed by atoms with E-state index in [1.54, 1.807) is 0 Å². The molecule has 0 amide bonds. The molecule has 0 fully saturated rings. The minimum atomic E-state index is 0.0998. The van der Waals surface area contributed by atoms with Crippen LogP contribution in [0.3, 0.4) is 0 Å². The molecule has 0 saturated carbocycles. The molecule has 100 valence electrons. The first kappa shape index (κ1) is 14.5. The Bertz CT molecular complexity index is 603. The maximum Gasteiger partial charge on any atom is 0.168 e. The molecule has 0 spiro atoms. The average molecular weight is 386 g/mol. The third kappa shape index (κ3) is 3.15. The van der Waals surface area contributed by atoms with Crippen LogP contribution in [0.1, 0.15) is 28.7 Å². The van der Waals surface area contributed by atoms with Crippen LogP contribution in [0.2, 0.25) is 0 Å². The van der Waals surface area contributed by atoms with Gasteiger partial charge in [-0.1, -0.05) is 28.1 Å². The molecule has 0 saturated heterocycles. The van der Waals surface area contributed by atoms with Crippen molar-refractivity contribution in [1.29, 1.82) is 0 Å². The highest BCUT2D eigenvalue weighted by Crippen LogP contribution is 2.23. The lowest BCUT2D eigenvalue weighted by Crippen LogP contribution is -2.10. The number of carbonyl (C=O) groups is 1. The minimum absolute atomic E-state index is 0.0998. The molecule has 2 rings (SSSR count). The second-order valence-corrected chi connectivity index (χ2v) is 5.98. The molecule has 2 aromatic rings. The van der Waals surface area contributed by atoms with Crippen LogP contribution in [0.15, 0.2) is 33.2 Å². The maximum atomic E-state index is 12.3. The predicted molar refractivity (Wildman–Crippen MR) is 82.5 cm³/mol. The molecule has 5 heteroatoms. The van der Waals surface area contributed by atoms with Crippen molar-refractivity contribution < 1.29 is 4.79 Å². The first-order valence-electron chi connectivity index (χ1n) is 6.03. The summed E-state index contributed by atoms with van der Waals surface area (Å²) in [7, 11) is 0. The van der Waals surface area contributed by atoms with Gasteiger partial charge in [0.15, 0.2) is 5.78 Å². The van der Waals surface area contributed by atoms with Gasteiger partial charge in [-0.25, -0.2) is 0 Å². The Balaban J connectivity index is 2.26. The molecule has 0 radical (unpaired) electrons. The molecule has 0 N–H and O–H groups in total. The van der Waals surface area contributed by atoms with Crippen LogP contribution in [0, 0.1) is 6.92 Å². The smallest absolute Gasteiger partial charge is 0.168 e. The van der Waals surface area contributed by atoms with E-state index in [1.165, 1.54) is 0 Å². The van der Waals surface area contributed by atoms with E-state index in [-0.39, 0.29) is 5.78 Å². The summed E-state index contributed by atoms with van der Waals surface area (Å²) in [5.41, 5.74) is 2.57. The van der Waals surface area contributed by atoms with Crippen LogP contribution in [0.5, 0.6) is 0 Å². The van der Waals surface area contributed by atoms with Gasteiger partial charge in [0, 0.05) is 16.6 Å². The van der Waals surface area contributed by atoms with E-state index in [0.29, 0.717) is 6.42 Å². The molecule has 0 aliphatic heterocycles. The van der Waals surface area contributed by atoms with Crippen LogP contribution in [-0.4, -0.2) is 15.6 Å². The summed E-state index contributed by atoms with van der Waals surface area (Å²) in [4.78, 5) is 12.3. The molecule has 19 heavy (non-hydrogen) atoms. The number of hydrogen-bond acceptors (Lipinski definition) is 2. The SMILES string of the molecule is CCn1nc(C)c(Br)c1CC(=O)c1ccc(Br)cc1. The van der Waals surface area contributed by atoms with Gasteiger partial charge in [0.1, 0.15) is 0 Å². The Labute approximate surface area is 129 Å². The maximum absolute atomic E-state index is 12.3. The molecule has 0 unspecified atom stereocenters. The summed E-state index contributed by atoms with van der Waals surface area (Å²) < 4.78 is 3.77. The molecular formula is C14H14Br2N2O. The molecule has 0 bridgehead atoms. The van der Waals surface area contributed by atoms with Gasteiger partial charge in [-0.15, -0.1) is 0 Å². The fourth-order valence-electron chi connectivity index (χ4n) is 1.93. The van der Waals surface area contributed by atoms with Crippen LogP contribution >= 0.6 is 31.9 Å². The molecule has 0 atom stereocenters. The van der Waals surface area contributed by atoms with Crippen molar-refractivity contribution >= 4 is 37.6 Å². The number of aromatic nitrogens is 2. The molecule has 1 aromatic carbocycles. The number of rotatable bonds is 4. The largest absolute Gasteiger partial charge is 0.294 e. The number of ketones is 1. The van der Waals surface area contributed by atoms with E-state index in [4.69, 9.17) is 0 Å². The quantitative estimate of drug-likeness (QED) is 0.740. The third-order valence-electron chi connectivity index (χ3n) is 2.95. The third-order valence-corrected chi connectivity index (χ3v) is 4.51. The van der Waals surface area contributed by atoms with Crippen LogP contribution in [0.25, 0.3) is 0 Å². The highest BCUT2D eigenvalue weighted by molar-refractivity contribution is 9.10. The summed E-state index contributed by atoms with van der Waals surface area (Å²) in [6.07, 6.45) is 0.358. The van der Waals surface area contributed by atoms with E-state index in [1.807, 2.05) is 42.8 Å². The van der Waals surface area contributed by atoms with Crippen molar-refractivity contribution in [1.82, 2.24) is 9.78 Å². The van der Waals surface area contributed by atoms with Crippen LogP contribution in [-0.2, 0) is 13.0 Å². The van der Waals surface area contributed by atoms with Gasteiger partial charge in [-0.2, -0.15) is 5.10 Å². The van der Waals surface area contributed by atoms with Crippen molar-refractivity contribution in [3.8, 4) is 0 Å². The van der Waals surface area contributed by atoms with Gasteiger partial charge >= 0.3 is 0 Å². The standard InChI is InChI=1S/C14H14Br2N2O/c1-3-18-12(14(16)9(2)17-18)8-13(19)10-4-6-11(15)7-5-10/h4-7H,3,8H2,1-2H3. The van der Waals surface area contributed by atoms with Gasteiger partial charge in [0.05, 0.1) is 22.3 Å². The van der Waals surface area contributed by atoms with E-state index in [0.717, 1.165) is 32.4 Å². The van der Waals surface area contributed by atoms with Crippen molar-refractivity contribution in [2.45, 2.75) is 26.8 Å². The monoisotopic (exact) mass is 384 g/mol. The Morgan fingerprint density at radius 1 is 1.26 bits per heavy atom. The van der Waals surface area contributed by atoms with Gasteiger partial charge < -0.3 is 0 Å². The summed E-state index contributed by atoms with van der Waals surface area (Å²) in [6.45, 7) is 4.71. The number of nitrogens with zero attached hydrogens (tertiary/aromatic N) is 2. The van der Waals surface area contributed by atoms with Crippen LogP contribution < -0.4 is 0 Å². The van der Waals surface area contributed by atoms with Crippen molar-refractivity contribution in [3.05, 3.63) is 50.2 Å². The van der Waals surface area contributed by atoms with Gasteiger partial charge in [-0.3, -0.25) is 9.48 Å². The number of carbonyl (C=O) groups excluding carboxylic acids is 1. The zero-order chi connectivity index (χ0) is 14.0. The van der Waals surface area contributed by atoms with Gasteiger partial charge in [-0.05, 0) is 41.9 Å². The molecule has 0 aliphatic carbocycles. The average Bonchev–Trinajstić information content (AvgIpc) is 2.67. The van der Waals surface area contributed by atoms with Gasteiger partial charge in [0.2, 0.25) is 0 Å². The minimum Gasteiger partial charge on any atom is -0.294 e. The lowest BCUT2D eigenvalue weighted by Gasteiger charge is -2.05. The second kappa shape index (κ2) is 6.01. The van der Waals surface area contributed by atoms with Crippen molar-refractivity contribution in [2.75, 3.05) is 0 Å². The first-order valence-corrected chi connectivity index (χ1v) is 7.62. The molecular weight excluding hydrogens is 372 g/mol. The van der Waals surface area contributed by atoms with Crippen molar-refractivity contribution in [2.24, 2.45) is 0 Å². The highest BCUT2D eigenvalue weighted by Gasteiger charge is 2.16. The number of hydrogen-bond donors (Lipinski definition) is 0. The Morgan fingerprint density at radius 2 is 1.89 bits per heavy atom. The highest BCUT2D eigenvalue weighted by atomic mass is 79.9. The lowest BCUT2D eigenvalue weighted by molar-refractivity contribution is 0.0990. The van der Waals surface area contributed by atoms with Crippen LogP contribution in [0.4, 0.5) is 0 Å². The zero-order valence-corrected chi connectivity index (χ0v) is 14.0. The normalized spacial score (nSPS) is 10.7. The summed E-state index contributed by atoms with van der Waals surface area (Å²) in [5, 5.41) is 4.40. The molecule has 1 heterocycles. The number of halogens is 2. The predicted octanol–water partition coefficient (Wildman–Crippen LogP) is 4.16. The zero-order valence-electron chi connectivity index (χ0n) is 10.8. The first-order chi connectivity index (χ1) is 9.02. The molecule has 3 nitrogen and oxygen atoms in total. The summed E-state index contributed by atoms with van der Waals surface area (Å²) in [5.74, 6) is 0.0998. The van der Waals surface area contributed by atoms with E-state index in [9.17, 15) is 4.79 Å². The summed E-state index contributed by atoms with van der Waals surface area (Å²) in [6, 6.07) is 7.43. The topological polar surface area (TPSA) is 34.9 Å². The summed E-state index contributed by atoms with van der Waals surface area (Å²) >= 11 is 6.88. The lowest BCUT2D eigenvalue weighted by atomic mass is 10.1. The molecule has 1 aromatic heterocycles. The van der Waals surface area contributed by atoms with E-state index < -0.39 is 0 Å². The molecule has 0 aliphatic rings. The Hall–Kier alpha value is -0.940.